The van der Waals surface area contributed by atoms with Crippen LogP contribution in [-0.4, -0.2) is 23.2 Å². The SMILES string of the molecule is CCC(CC)(CO)CNc1c(N)cnc2ccccc12. The molecule has 108 valence electrons. The van der Waals surface area contributed by atoms with Gasteiger partial charge in [0.05, 0.1) is 29.7 Å². The van der Waals surface area contributed by atoms with Crippen LogP contribution in [0.2, 0.25) is 0 Å². The van der Waals surface area contributed by atoms with E-state index >= 15 is 0 Å². The van der Waals surface area contributed by atoms with Gasteiger partial charge in [-0.25, -0.2) is 0 Å². The molecule has 0 aliphatic carbocycles. The number of aliphatic hydroxyl groups is 1. The minimum atomic E-state index is -0.100. The second-order valence-corrected chi connectivity index (χ2v) is 5.32. The highest BCUT2D eigenvalue weighted by Crippen LogP contribution is 2.31. The molecule has 0 atom stereocenters. The highest BCUT2D eigenvalue weighted by Gasteiger charge is 2.25. The minimum Gasteiger partial charge on any atom is -0.396 e. The molecule has 0 aliphatic heterocycles. The van der Waals surface area contributed by atoms with Gasteiger partial charge in [-0.1, -0.05) is 32.0 Å². The Hall–Kier alpha value is -1.81. The van der Waals surface area contributed by atoms with Crippen LogP contribution in [0.15, 0.2) is 30.5 Å². The molecule has 0 aliphatic rings. The maximum absolute atomic E-state index is 9.65. The van der Waals surface area contributed by atoms with Gasteiger partial charge in [-0.05, 0) is 18.9 Å². The van der Waals surface area contributed by atoms with Gasteiger partial charge in [0.1, 0.15) is 0 Å². The van der Waals surface area contributed by atoms with Crippen LogP contribution >= 0.6 is 0 Å². The fourth-order valence-electron chi connectivity index (χ4n) is 2.41. The molecule has 0 amide bonds. The predicted octanol–water partition coefficient (Wildman–Crippen LogP) is 3.03. The highest BCUT2D eigenvalue weighted by molar-refractivity contribution is 5.96. The van der Waals surface area contributed by atoms with E-state index in [1.807, 2.05) is 24.3 Å². The summed E-state index contributed by atoms with van der Waals surface area (Å²) in [4.78, 5) is 4.33. The number of aromatic nitrogens is 1. The number of benzene rings is 1. The van der Waals surface area contributed by atoms with Crippen molar-refractivity contribution >= 4 is 22.3 Å². The Labute approximate surface area is 120 Å². The summed E-state index contributed by atoms with van der Waals surface area (Å²) in [6.45, 7) is 5.09. The molecule has 2 rings (SSSR count). The summed E-state index contributed by atoms with van der Waals surface area (Å²) in [7, 11) is 0. The monoisotopic (exact) mass is 273 g/mol. The zero-order chi connectivity index (χ0) is 14.6. The van der Waals surface area contributed by atoms with E-state index in [0.29, 0.717) is 12.2 Å². The lowest BCUT2D eigenvalue weighted by Crippen LogP contribution is -2.32. The Morgan fingerprint density at radius 2 is 1.95 bits per heavy atom. The minimum absolute atomic E-state index is 0.100. The zero-order valence-corrected chi connectivity index (χ0v) is 12.2. The van der Waals surface area contributed by atoms with Crippen LogP contribution in [0.25, 0.3) is 10.9 Å². The number of fused-ring (bicyclic) bond motifs is 1. The summed E-state index contributed by atoms with van der Waals surface area (Å²) in [5.41, 5.74) is 8.43. The number of anilines is 2. The molecular weight excluding hydrogens is 250 g/mol. The molecule has 4 heteroatoms. The van der Waals surface area contributed by atoms with Gasteiger partial charge in [0.15, 0.2) is 0 Å². The fraction of sp³-hybridized carbons (Fsp3) is 0.438. The number of aliphatic hydroxyl groups excluding tert-OH is 1. The van der Waals surface area contributed by atoms with Gasteiger partial charge in [-0.2, -0.15) is 0 Å². The van der Waals surface area contributed by atoms with E-state index in [1.54, 1.807) is 6.20 Å². The molecule has 0 fully saturated rings. The van der Waals surface area contributed by atoms with Crippen molar-refractivity contribution in [2.24, 2.45) is 5.41 Å². The maximum Gasteiger partial charge on any atom is 0.0743 e. The molecule has 0 saturated heterocycles. The van der Waals surface area contributed by atoms with Gasteiger partial charge >= 0.3 is 0 Å². The summed E-state index contributed by atoms with van der Waals surface area (Å²) in [5.74, 6) is 0. The van der Waals surface area contributed by atoms with Crippen LogP contribution in [0.3, 0.4) is 0 Å². The van der Waals surface area contributed by atoms with Crippen molar-refractivity contribution < 1.29 is 5.11 Å². The van der Waals surface area contributed by atoms with Crippen molar-refractivity contribution in [2.45, 2.75) is 26.7 Å². The molecule has 1 heterocycles. The Kier molecular flexibility index (Phi) is 4.45. The average Bonchev–Trinajstić information content (AvgIpc) is 2.51. The molecule has 0 saturated carbocycles. The van der Waals surface area contributed by atoms with Crippen molar-refractivity contribution in [1.29, 1.82) is 0 Å². The third kappa shape index (κ3) is 2.70. The highest BCUT2D eigenvalue weighted by atomic mass is 16.3. The summed E-state index contributed by atoms with van der Waals surface area (Å²) in [6, 6.07) is 7.93. The number of pyridine rings is 1. The van der Waals surface area contributed by atoms with E-state index in [9.17, 15) is 5.11 Å². The standard InChI is InChI=1S/C16H23N3O/c1-3-16(4-2,11-20)10-19-15-12-7-5-6-8-14(12)18-9-13(15)17/h5-9,20H,3-4,10-11,17H2,1-2H3,(H,18,19). The van der Waals surface area contributed by atoms with Crippen molar-refractivity contribution in [2.75, 3.05) is 24.2 Å². The van der Waals surface area contributed by atoms with E-state index in [4.69, 9.17) is 5.73 Å². The first-order valence-electron chi connectivity index (χ1n) is 7.13. The molecule has 1 aromatic carbocycles. The Bertz CT molecular complexity index is 571. The van der Waals surface area contributed by atoms with Gasteiger partial charge in [-0.3, -0.25) is 4.98 Å². The lowest BCUT2D eigenvalue weighted by atomic mass is 9.83. The molecule has 0 radical (unpaired) electrons. The van der Waals surface area contributed by atoms with E-state index in [2.05, 4.69) is 24.1 Å². The van der Waals surface area contributed by atoms with Crippen LogP contribution in [0, 0.1) is 5.41 Å². The van der Waals surface area contributed by atoms with Crippen LogP contribution in [0.1, 0.15) is 26.7 Å². The second-order valence-electron chi connectivity index (χ2n) is 5.32. The van der Waals surface area contributed by atoms with Gasteiger partial charge in [-0.15, -0.1) is 0 Å². The Morgan fingerprint density at radius 1 is 1.25 bits per heavy atom. The molecule has 4 N–H and O–H groups in total. The smallest absolute Gasteiger partial charge is 0.0743 e. The third-order valence-electron chi connectivity index (χ3n) is 4.28. The second kappa shape index (κ2) is 6.09. The van der Waals surface area contributed by atoms with Gasteiger partial charge < -0.3 is 16.2 Å². The van der Waals surface area contributed by atoms with Crippen molar-refractivity contribution in [3.8, 4) is 0 Å². The van der Waals surface area contributed by atoms with Gasteiger partial charge in [0.25, 0.3) is 0 Å². The van der Waals surface area contributed by atoms with Crippen LogP contribution in [-0.2, 0) is 0 Å². The van der Waals surface area contributed by atoms with E-state index in [-0.39, 0.29) is 12.0 Å². The molecular formula is C16H23N3O. The number of hydrogen-bond donors (Lipinski definition) is 3. The number of nitrogen functional groups attached to an aromatic ring is 1. The normalized spacial score (nSPS) is 11.8. The predicted molar refractivity (Wildman–Crippen MR) is 84.7 cm³/mol. The summed E-state index contributed by atoms with van der Waals surface area (Å²) in [6.07, 6.45) is 3.54. The first-order chi connectivity index (χ1) is 9.65. The lowest BCUT2D eigenvalue weighted by molar-refractivity contribution is 0.127. The largest absolute Gasteiger partial charge is 0.396 e. The molecule has 0 spiro atoms. The summed E-state index contributed by atoms with van der Waals surface area (Å²) in [5, 5.41) is 14.1. The summed E-state index contributed by atoms with van der Waals surface area (Å²) < 4.78 is 0. The van der Waals surface area contributed by atoms with E-state index < -0.39 is 0 Å². The van der Waals surface area contributed by atoms with Crippen molar-refractivity contribution in [3.63, 3.8) is 0 Å². The zero-order valence-electron chi connectivity index (χ0n) is 12.2. The van der Waals surface area contributed by atoms with Crippen LogP contribution in [0.5, 0.6) is 0 Å². The lowest BCUT2D eigenvalue weighted by Gasteiger charge is -2.30. The van der Waals surface area contributed by atoms with Gasteiger partial charge in [0.2, 0.25) is 0 Å². The molecule has 2 aromatic rings. The van der Waals surface area contributed by atoms with Crippen LogP contribution in [0.4, 0.5) is 11.4 Å². The summed E-state index contributed by atoms with van der Waals surface area (Å²) >= 11 is 0. The Balaban J connectivity index is 2.32. The first kappa shape index (κ1) is 14.6. The number of nitrogens with one attached hydrogen (secondary N) is 1. The van der Waals surface area contributed by atoms with Crippen molar-refractivity contribution in [3.05, 3.63) is 30.5 Å². The van der Waals surface area contributed by atoms with Crippen LogP contribution < -0.4 is 11.1 Å². The van der Waals surface area contributed by atoms with E-state index in [0.717, 1.165) is 29.4 Å². The molecule has 0 bridgehead atoms. The number of para-hydroxylation sites is 1. The fourth-order valence-corrected chi connectivity index (χ4v) is 2.41. The van der Waals surface area contributed by atoms with Gasteiger partial charge in [0, 0.05) is 17.3 Å². The maximum atomic E-state index is 9.65. The topological polar surface area (TPSA) is 71.2 Å². The van der Waals surface area contributed by atoms with E-state index in [1.165, 1.54) is 0 Å². The molecule has 0 unspecified atom stereocenters. The first-order valence-corrected chi connectivity index (χ1v) is 7.13. The molecule has 4 nitrogen and oxygen atoms in total. The molecule has 1 aromatic heterocycles. The molecule has 20 heavy (non-hydrogen) atoms. The Morgan fingerprint density at radius 3 is 2.60 bits per heavy atom. The number of hydrogen-bond acceptors (Lipinski definition) is 4. The van der Waals surface area contributed by atoms with Crippen molar-refractivity contribution in [1.82, 2.24) is 4.98 Å². The number of rotatable bonds is 6. The number of nitrogens with zero attached hydrogens (tertiary/aromatic N) is 1. The number of nitrogens with two attached hydrogens (primary N) is 1. The quantitative estimate of drug-likeness (QED) is 0.756. The third-order valence-corrected chi connectivity index (χ3v) is 4.28. The average molecular weight is 273 g/mol.